The summed E-state index contributed by atoms with van der Waals surface area (Å²) in [6, 6.07) is 14.5. The molecule has 0 fully saturated rings. The lowest BCUT2D eigenvalue weighted by molar-refractivity contribution is 0.414. The summed E-state index contributed by atoms with van der Waals surface area (Å²) in [5.74, 6) is 1.51. The van der Waals surface area contributed by atoms with Gasteiger partial charge in [-0.05, 0) is 42.0 Å². The minimum Gasteiger partial charge on any atom is -0.497 e. The molecule has 3 heteroatoms. The van der Waals surface area contributed by atoms with Crippen molar-refractivity contribution in [3.63, 3.8) is 0 Å². The third-order valence-electron chi connectivity index (χ3n) is 2.38. The highest BCUT2D eigenvalue weighted by atomic mass is 32.2. The number of thioether (sulfide) groups is 1. The second-order valence-corrected chi connectivity index (χ2v) is 4.64. The van der Waals surface area contributed by atoms with Crippen molar-refractivity contribution in [2.24, 2.45) is 0 Å². The van der Waals surface area contributed by atoms with Crippen LogP contribution in [0.3, 0.4) is 0 Å². The van der Waals surface area contributed by atoms with Crippen molar-refractivity contribution in [3.8, 4) is 5.75 Å². The molecular formula is C14H13FOS. The van der Waals surface area contributed by atoms with Crippen molar-refractivity contribution < 1.29 is 9.13 Å². The Morgan fingerprint density at radius 1 is 1.00 bits per heavy atom. The van der Waals surface area contributed by atoms with E-state index in [1.54, 1.807) is 18.9 Å². The maximum atomic E-state index is 12.7. The van der Waals surface area contributed by atoms with Crippen LogP contribution in [-0.4, -0.2) is 7.11 Å². The molecule has 0 aliphatic heterocycles. The first kappa shape index (κ1) is 12.0. The Kier molecular flexibility index (Phi) is 4.04. The molecular weight excluding hydrogens is 235 g/mol. The summed E-state index contributed by atoms with van der Waals surface area (Å²) < 4.78 is 17.8. The Bertz CT molecular complexity index is 465. The summed E-state index contributed by atoms with van der Waals surface area (Å²) in [5, 5.41) is 0. The third kappa shape index (κ3) is 3.49. The average Bonchev–Trinajstić information content (AvgIpc) is 2.39. The van der Waals surface area contributed by atoms with Crippen LogP contribution in [0.2, 0.25) is 0 Å². The van der Waals surface area contributed by atoms with Crippen molar-refractivity contribution in [1.29, 1.82) is 0 Å². The van der Waals surface area contributed by atoms with Gasteiger partial charge in [-0.15, -0.1) is 11.8 Å². The lowest BCUT2D eigenvalue weighted by Crippen LogP contribution is -1.83. The number of halogens is 1. The quantitative estimate of drug-likeness (QED) is 0.752. The number of benzene rings is 2. The van der Waals surface area contributed by atoms with E-state index in [0.717, 1.165) is 17.1 Å². The molecule has 88 valence electrons. The number of methoxy groups -OCH3 is 1. The van der Waals surface area contributed by atoms with Gasteiger partial charge in [-0.2, -0.15) is 0 Å². The zero-order valence-electron chi connectivity index (χ0n) is 9.52. The summed E-state index contributed by atoms with van der Waals surface area (Å²) in [6.07, 6.45) is 0. The molecule has 0 saturated carbocycles. The molecule has 2 aromatic rings. The van der Waals surface area contributed by atoms with E-state index in [9.17, 15) is 4.39 Å². The fourth-order valence-electron chi connectivity index (χ4n) is 1.42. The standard InChI is InChI=1S/C14H13FOS/c1-16-13-6-8-14(9-7-13)17-10-11-2-4-12(15)5-3-11/h2-9H,10H2,1H3. The van der Waals surface area contributed by atoms with E-state index in [4.69, 9.17) is 4.74 Å². The van der Waals surface area contributed by atoms with Gasteiger partial charge in [0.1, 0.15) is 11.6 Å². The highest BCUT2D eigenvalue weighted by molar-refractivity contribution is 7.98. The van der Waals surface area contributed by atoms with Crippen molar-refractivity contribution >= 4 is 11.8 Å². The zero-order valence-corrected chi connectivity index (χ0v) is 10.3. The number of ether oxygens (including phenoxy) is 1. The largest absolute Gasteiger partial charge is 0.497 e. The summed E-state index contributed by atoms with van der Waals surface area (Å²) >= 11 is 1.72. The van der Waals surface area contributed by atoms with Crippen LogP contribution in [-0.2, 0) is 5.75 Å². The van der Waals surface area contributed by atoms with Crippen LogP contribution in [0, 0.1) is 5.82 Å². The topological polar surface area (TPSA) is 9.23 Å². The number of hydrogen-bond donors (Lipinski definition) is 0. The van der Waals surface area contributed by atoms with E-state index in [1.807, 2.05) is 36.4 Å². The van der Waals surface area contributed by atoms with Crippen molar-refractivity contribution in [1.82, 2.24) is 0 Å². The van der Waals surface area contributed by atoms with Gasteiger partial charge in [0.05, 0.1) is 7.11 Å². The Hall–Kier alpha value is -1.48. The SMILES string of the molecule is COc1ccc(SCc2ccc(F)cc2)cc1. The first-order valence-electron chi connectivity index (χ1n) is 5.29. The van der Waals surface area contributed by atoms with Gasteiger partial charge < -0.3 is 4.74 Å². The Morgan fingerprint density at radius 3 is 2.24 bits per heavy atom. The number of hydrogen-bond acceptors (Lipinski definition) is 2. The summed E-state index contributed by atoms with van der Waals surface area (Å²) in [4.78, 5) is 1.18. The van der Waals surface area contributed by atoms with Gasteiger partial charge in [-0.25, -0.2) is 4.39 Å². The lowest BCUT2D eigenvalue weighted by atomic mass is 10.2. The second-order valence-electron chi connectivity index (χ2n) is 3.59. The smallest absolute Gasteiger partial charge is 0.123 e. The van der Waals surface area contributed by atoms with Gasteiger partial charge in [-0.1, -0.05) is 12.1 Å². The van der Waals surface area contributed by atoms with Gasteiger partial charge in [0.25, 0.3) is 0 Å². The van der Waals surface area contributed by atoms with Crippen LogP contribution in [0.4, 0.5) is 4.39 Å². The fourth-order valence-corrected chi connectivity index (χ4v) is 2.27. The zero-order chi connectivity index (χ0) is 12.1. The van der Waals surface area contributed by atoms with E-state index < -0.39 is 0 Å². The molecule has 0 aliphatic carbocycles. The molecule has 0 bridgehead atoms. The van der Waals surface area contributed by atoms with Gasteiger partial charge in [-0.3, -0.25) is 0 Å². The van der Waals surface area contributed by atoms with Crippen LogP contribution in [0.1, 0.15) is 5.56 Å². The molecule has 0 amide bonds. The Morgan fingerprint density at radius 2 is 1.65 bits per heavy atom. The van der Waals surface area contributed by atoms with E-state index in [-0.39, 0.29) is 5.82 Å². The summed E-state index contributed by atoms with van der Waals surface area (Å²) in [5.41, 5.74) is 1.12. The minimum atomic E-state index is -0.191. The Balaban J connectivity index is 1.95. The fraction of sp³-hybridized carbons (Fsp3) is 0.143. The molecule has 0 aromatic heterocycles. The predicted molar refractivity (Wildman–Crippen MR) is 69.0 cm³/mol. The van der Waals surface area contributed by atoms with Gasteiger partial charge >= 0.3 is 0 Å². The molecule has 2 rings (SSSR count). The molecule has 0 saturated heterocycles. The summed E-state index contributed by atoms with van der Waals surface area (Å²) in [7, 11) is 1.65. The highest BCUT2D eigenvalue weighted by Crippen LogP contribution is 2.24. The van der Waals surface area contributed by atoms with Crippen LogP contribution >= 0.6 is 11.8 Å². The van der Waals surface area contributed by atoms with Crippen LogP contribution in [0.5, 0.6) is 5.75 Å². The van der Waals surface area contributed by atoms with Gasteiger partial charge in [0.15, 0.2) is 0 Å². The first-order chi connectivity index (χ1) is 8.28. The van der Waals surface area contributed by atoms with E-state index in [1.165, 1.54) is 17.0 Å². The Labute approximate surface area is 105 Å². The molecule has 0 N–H and O–H groups in total. The molecule has 0 aliphatic rings. The van der Waals surface area contributed by atoms with E-state index in [0.29, 0.717) is 0 Å². The van der Waals surface area contributed by atoms with Crippen molar-refractivity contribution in [2.75, 3.05) is 7.11 Å². The third-order valence-corrected chi connectivity index (χ3v) is 3.46. The molecule has 0 radical (unpaired) electrons. The summed E-state index contributed by atoms with van der Waals surface area (Å²) in [6.45, 7) is 0. The molecule has 1 nitrogen and oxygen atoms in total. The molecule has 0 unspecified atom stereocenters. The van der Waals surface area contributed by atoms with Crippen molar-refractivity contribution in [2.45, 2.75) is 10.6 Å². The molecule has 0 spiro atoms. The maximum absolute atomic E-state index is 12.7. The van der Waals surface area contributed by atoms with E-state index >= 15 is 0 Å². The first-order valence-corrected chi connectivity index (χ1v) is 6.28. The number of rotatable bonds is 4. The average molecular weight is 248 g/mol. The minimum absolute atomic E-state index is 0.191. The highest BCUT2D eigenvalue weighted by Gasteiger charge is 1.98. The predicted octanol–water partition coefficient (Wildman–Crippen LogP) is 4.13. The lowest BCUT2D eigenvalue weighted by Gasteiger charge is -2.03. The molecule has 0 heterocycles. The molecule has 2 aromatic carbocycles. The van der Waals surface area contributed by atoms with Crippen LogP contribution in [0.25, 0.3) is 0 Å². The molecule has 17 heavy (non-hydrogen) atoms. The van der Waals surface area contributed by atoms with Crippen LogP contribution in [0.15, 0.2) is 53.4 Å². The second kappa shape index (κ2) is 5.73. The normalized spacial score (nSPS) is 10.2. The van der Waals surface area contributed by atoms with E-state index in [2.05, 4.69) is 0 Å². The van der Waals surface area contributed by atoms with Crippen LogP contribution < -0.4 is 4.74 Å². The monoisotopic (exact) mass is 248 g/mol. The molecule has 0 atom stereocenters. The van der Waals surface area contributed by atoms with Gasteiger partial charge in [0.2, 0.25) is 0 Å². The maximum Gasteiger partial charge on any atom is 0.123 e. The van der Waals surface area contributed by atoms with Crippen molar-refractivity contribution in [3.05, 3.63) is 59.9 Å². The van der Waals surface area contributed by atoms with Gasteiger partial charge in [0, 0.05) is 10.6 Å².